The molecule has 8 heteroatoms. The minimum Gasteiger partial charge on any atom is -0.345 e. The molecule has 4 N–H and O–H groups in total. The first-order chi connectivity index (χ1) is 14.0. The quantitative estimate of drug-likeness (QED) is 0.464. The molecular formula is C21H20N4O4. The van der Waals surface area contributed by atoms with Crippen LogP contribution in [0.25, 0.3) is 10.9 Å². The van der Waals surface area contributed by atoms with E-state index in [9.17, 15) is 19.7 Å². The molecule has 1 aliphatic carbocycles. The number of aromatic amines is 1. The van der Waals surface area contributed by atoms with Gasteiger partial charge in [-0.25, -0.2) is 0 Å². The lowest BCUT2D eigenvalue weighted by Gasteiger charge is -2.27. The van der Waals surface area contributed by atoms with E-state index in [-0.39, 0.29) is 17.3 Å². The second-order valence-corrected chi connectivity index (χ2v) is 7.19. The lowest BCUT2D eigenvalue weighted by atomic mass is 9.86. The number of hydrogen-bond donors (Lipinski definition) is 3. The average molecular weight is 392 g/mol. The molecule has 0 radical (unpaired) electrons. The van der Waals surface area contributed by atoms with Crippen LogP contribution in [0.4, 0.5) is 5.69 Å². The number of hydrogen-bond acceptors (Lipinski definition) is 5. The monoisotopic (exact) mass is 392 g/mol. The lowest BCUT2D eigenvalue weighted by Crippen LogP contribution is -2.32. The van der Waals surface area contributed by atoms with Crippen molar-refractivity contribution < 1.29 is 9.72 Å². The molecule has 0 bridgehead atoms. The fraction of sp³-hybridized carbons (Fsp3) is 0.238. The topological polar surface area (TPSA) is 131 Å². The van der Waals surface area contributed by atoms with Gasteiger partial charge in [0.05, 0.1) is 16.5 Å². The van der Waals surface area contributed by atoms with Crippen molar-refractivity contribution in [2.24, 2.45) is 5.73 Å². The zero-order valence-electron chi connectivity index (χ0n) is 15.6. The Morgan fingerprint density at radius 1 is 1.24 bits per heavy atom. The van der Waals surface area contributed by atoms with E-state index in [1.165, 1.54) is 24.3 Å². The molecule has 8 nitrogen and oxygen atoms in total. The normalized spacial score (nSPS) is 15.7. The van der Waals surface area contributed by atoms with Gasteiger partial charge in [-0.3, -0.25) is 19.7 Å². The summed E-state index contributed by atoms with van der Waals surface area (Å²) in [5.41, 5.74) is 8.90. The number of aryl methyl sites for hydroxylation is 1. The van der Waals surface area contributed by atoms with Crippen molar-refractivity contribution in [3.63, 3.8) is 0 Å². The van der Waals surface area contributed by atoms with Crippen LogP contribution in [0.5, 0.6) is 0 Å². The van der Waals surface area contributed by atoms with E-state index < -0.39 is 16.4 Å². The standard InChI is InChI=1S/C21H20N4O4/c22-11-12-4-6-15-13(8-12)2-1-3-18(15)24-21(27)17-10-20(26)23-19-7-5-14(25(28)29)9-16(17)19/h4-10,18H,1-3,11,22H2,(H,23,26)(H,24,27). The van der Waals surface area contributed by atoms with E-state index in [1.807, 2.05) is 12.1 Å². The van der Waals surface area contributed by atoms with Crippen molar-refractivity contribution in [1.82, 2.24) is 10.3 Å². The van der Waals surface area contributed by atoms with Crippen molar-refractivity contribution in [2.45, 2.75) is 31.8 Å². The molecule has 1 atom stereocenters. The summed E-state index contributed by atoms with van der Waals surface area (Å²) in [5.74, 6) is -0.428. The molecule has 0 fully saturated rings. The van der Waals surface area contributed by atoms with E-state index >= 15 is 0 Å². The molecule has 0 aliphatic heterocycles. The number of carbonyl (C=O) groups is 1. The van der Waals surface area contributed by atoms with Crippen LogP contribution in [0.2, 0.25) is 0 Å². The van der Waals surface area contributed by atoms with Gasteiger partial charge in [0.2, 0.25) is 5.56 Å². The summed E-state index contributed by atoms with van der Waals surface area (Å²) < 4.78 is 0. The molecule has 148 valence electrons. The smallest absolute Gasteiger partial charge is 0.270 e. The molecule has 2 aromatic carbocycles. The highest BCUT2D eigenvalue weighted by Crippen LogP contribution is 2.31. The number of non-ortho nitro benzene ring substituents is 1. The number of nitro groups is 1. The molecule has 0 saturated heterocycles. The zero-order valence-corrected chi connectivity index (χ0v) is 15.6. The molecule has 1 amide bonds. The lowest BCUT2D eigenvalue weighted by molar-refractivity contribution is -0.384. The predicted molar refractivity (Wildman–Crippen MR) is 109 cm³/mol. The van der Waals surface area contributed by atoms with Crippen LogP contribution >= 0.6 is 0 Å². The van der Waals surface area contributed by atoms with Gasteiger partial charge >= 0.3 is 0 Å². The van der Waals surface area contributed by atoms with Crippen molar-refractivity contribution in [1.29, 1.82) is 0 Å². The number of carbonyl (C=O) groups excluding carboxylic acids is 1. The van der Waals surface area contributed by atoms with E-state index in [1.54, 1.807) is 0 Å². The van der Waals surface area contributed by atoms with Gasteiger partial charge in [0.25, 0.3) is 11.6 Å². The van der Waals surface area contributed by atoms with Crippen LogP contribution in [0.3, 0.4) is 0 Å². The number of fused-ring (bicyclic) bond motifs is 2. The maximum atomic E-state index is 13.0. The zero-order chi connectivity index (χ0) is 20.5. The summed E-state index contributed by atoms with van der Waals surface area (Å²) in [4.78, 5) is 38.3. The molecule has 29 heavy (non-hydrogen) atoms. The van der Waals surface area contributed by atoms with Gasteiger partial charge in [-0.2, -0.15) is 0 Å². The van der Waals surface area contributed by atoms with E-state index in [0.29, 0.717) is 17.4 Å². The first-order valence-electron chi connectivity index (χ1n) is 9.40. The van der Waals surface area contributed by atoms with Gasteiger partial charge in [-0.1, -0.05) is 18.2 Å². The molecule has 1 aliphatic rings. The number of H-pyrrole nitrogens is 1. The second-order valence-electron chi connectivity index (χ2n) is 7.19. The summed E-state index contributed by atoms with van der Waals surface area (Å²) in [7, 11) is 0. The minimum absolute atomic E-state index is 0.123. The van der Waals surface area contributed by atoms with Gasteiger partial charge in [0, 0.05) is 35.6 Å². The fourth-order valence-electron chi connectivity index (χ4n) is 3.92. The Kier molecular flexibility index (Phi) is 4.85. The number of nitrogens with one attached hydrogen (secondary N) is 2. The number of amides is 1. The SMILES string of the molecule is NCc1ccc2c(c1)CCCC2NC(=O)c1cc(=O)[nH]c2ccc([N+](=O)[O-])cc12. The van der Waals surface area contributed by atoms with Crippen molar-refractivity contribution >= 4 is 22.5 Å². The van der Waals surface area contributed by atoms with Gasteiger partial charge in [-0.05, 0) is 42.0 Å². The van der Waals surface area contributed by atoms with Crippen LogP contribution in [-0.2, 0) is 13.0 Å². The Balaban J connectivity index is 1.71. The first-order valence-corrected chi connectivity index (χ1v) is 9.40. The molecule has 1 unspecified atom stereocenters. The summed E-state index contributed by atoms with van der Waals surface area (Å²) in [6.45, 7) is 0.460. The summed E-state index contributed by atoms with van der Waals surface area (Å²) in [6.07, 6.45) is 2.63. The van der Waals surface area contributed by atoms with Gasteiger partial charge in [-0.15, -0.1) is 0 Å². The number of benzene rings is 2. The molecule has 0 saturated carbocycles. The highest BCUT2D eigenvalue weighted by molar-refractivity contribution is 6.06. The van der Waals surface area contributed by atoms with Crippen LogP contribution in [-0.4, -0.2) is 15.8 Å². The third-order valence-electron chi connectivity index (χ3n) is 5.34. The van der Waals surface area contributed by atoms with E-state index in [2.05, 4.69) is 16.4 Å². The highest BCUT2D eigenvalue weighted by Gasteiger charge is 2.24. The number of rotatable bonds is 4. The molecule has 1 heterocycles. The predicted octanol–water partition coefficient (Wildman–Crippen LogP) is 2.70. The van der Waals surface area contributed by atoms with Crippen LogP contribution in [0, 0.1) is 10.1 Å². The van der Waals surface area contributed by atoms with Gasteiger partial charge in [0.15, 0.2) is 0 Å². The highest BCUT2D eigenvalue weighted by atomic mass is 16.6. The Bertz CT molecular complexity index is 1190. The van der Waals surface area contributed by atoms with Crippen molar-refractivity contribution in [3.05, 3.63) is 85.2 Å². The number of aromatic nitrogens is 1. The van der Waals surface area contributed by atoms with Crippen molar-refractivity contribution in [2.75, 3.05) is 0 Å². The molecule has 4 rings (SSSR count). The Labute approximate surface area is 165 Å². The molecule has 0 spiro atoms. The maximum Gasteiger partial charge on any atom is 0.270 e. The summed E-state index contributed by atoms with van der Waals surface area (Å²) in [6, 6.07) is 11.1. The number of nitro benzene ring substituents is 1. The second kappa shape index (κ2) is 7.48. The largest absolute Gasteiger partial charge is 0.345 e. The Morgan fingerprint density at radius 2 is 2.07 bits per heavy atom. The summed E-state index contributed by atoms with van der Waals surface area (Å²) in [5, 5.41) is 14.5. The number of nitrogens with two attached hydrogens (primary N) is 1. The van der Waals surface area contributed by atoms with Gasteiger partial charge < -0.3 is 16.0 Å². The Morgan fingerprint density at radius 3 is 2.83 bits per heavy atom. The maximum absolute atomic E-state index is 13.0. The summed E-state index contributed by atoms with van der Waals surface area (Å²) >= 11 is 0. The Hall–Kier alpha value is -3.52. The average Bonchev–Trinajstić information content (AvgIpc) is 2.72. The number of nitrogens with zero attached hydrogens (tertiary/aromatic N) is 1. The molecule has 1 aromatic heterocycles. The van der Waals surface area contributed by atoms with Crippen LogP contribution in [0.15, 0.2) is 47.3 Å². The van der Waals surface area contributed by atoms with Gasteiger partial charge in [0.1, 0.15) is 0 Å². The third kappa shape index (κ3) is 3.62. The van der Waals surface area contributed by atoms with E-state index in [4.69, 9.17) is 5.73 Å². The van der Waals surface area contributed by atoms with Crippen LogP contribution in [0.1, 0.15) is 45.9 Å². The molecule has 3 aromatic rings. The minimum atomic E-state index is -0.529. The third-order valence-corrected chi connectivity index (χ3v) is 5.34. The van der Waals surface area contributed by atoms with Crippen molar-refractivity contribution in [3.8, 4) is 0 Å². The van der Waals surface area contributed by atoms with Crippen LogP contribution < -0.4 is 16.6 Å². The number of pyridine rings is 1. The van der Waals surface area contributed by atoms with E-state index in [0.717, 1.165) is 36.0 Å². The molecular weight excluding hydrogens is 372 g/mol. The fourth-order valence-corrected chi connectivity index (χ4v) is 3.92. The first kappa shape index (κ1) is 18.8.